The van der Waals surface area contributed by atoms with Gasteiger partial charge < -0.3 is 4.85 Å². The Balaban J connectivity index is 2.43. The average molecular weight is 167 g/mol. The largest absolute Gasteiger partial charge is 0.306 e. The van der Waals surface area contributed by atoms with Crippen molar-refractivity contribution in [2.24, 2.45) is 0 Å². The molecule has 0 saturated carbocycles. The minimum absolute atomic E-state index is 0.581. The predicted molar refractivity (Wildman–Crippen MR) is 25.5 cm³/mol. The first-order chi connectivity index (χ1) is 1.91. The second kappa shape index (κ2) is 3.22. The van der Waals surface area contributed by atoms with Gasteiger partial charge in [-0.3, -0.25) is 0 Å². The van der Waals surface area contributed by atoms with E-state index in [1.165, 1.54) is 0 Å². The molecule has 0 spiro atoms. The van der Waals surface area contributed by atoms with Gasteiger partial charge in [-0.05, 0) is 0 Å². The third-order valence-corrected chi connectivity index (χ3v) is 0.401. The molecule has 0 amide bonds. The standard InChI is InChI=1S/C2H2IN/c1-4-2-3/h2H2. The molecule has 0 N–H and O–H groups in total. The molecule has 0 rings (SSSR count). The fraction of sp³-hybridized carbons (Fsp3) is 0.500. The Labute approximate surface area is 39.0 Å². The van der Waals surface area contributed by atoms with Crippen molar-refractivity contribution >= 4 is 22.6 Å². The smallest absolute Gasteiger partial charge is 0.262 e. The van der Waals surface area contributed by atoms with Gasteiger partial charge in [-0.15, -0.1) is 0 Å². The third-order valence-electron chi connectivity index (χ3n) is 0.0598. The Morgan fingerprint density at radius 1 is 2.00 bits per heavy atom. The average Bonchev–Trinajstić information content (AvgIpc) is 1.37. The number of nitrogens with zero attached hydrogens (tertiary/aromatic N) is 1. The third kappa shape index (κ3) is 2.22. The van der Waals surface area contributed by atoms with Crippen LogP contribution in [0.3, 0.4) is 0 Å². The second-order valence-corrected chi connectivity index (χ2v) is 0.960. The number of hydrogen-bond donors (Lipinski definition) is 0. The number of alkyl halides is 1. The van der Waals surface area contributed by atoms with Crippen LogP contribution in [0, 0.1) is 6.57 Å². The molecular formula is C2H2IN. The summed E-state index contributed by atoms with van der Waals surface area (Å²) in [6.45, 7) is 6.07. The zero-order valence-electron chi connectivity index (χ0n) is 2.03. The first kappa shape index (κ1) is 4.22. The van der Waals surface area contributed by atoms with Gasteiger partial charge in [0.2, 0.25) is 0 Å². The molecule has 1 nitrogen and oxygen atoms in total. The van der Waals surface area contributed by atoms with Gasteiger partial charge in [0.15, 0.2) is 0 Å². The van der Waals surface area contributed by atoms with Crippen molar-refractivity contribution < 1.29 is 0 Å². The maximum atomic E-state index is 6.07. The molecular weight excluding hydrogens is 165 g/mol. The van der Waals surface area contributed by atoms with E-state index < -0.39 is 0 Å². The molecule has 0 fully saturated rings. The van der Waals surface area contributed by atoms with E-state index in [1.54, 1.807) is 0 Å². The molecule has 0 heterocycles. The van der Waals surface area contributed by atoms with Crippen LogP contribution in [0.25, 0.3) is 4.85 Å². The number of halogens is 1. The molecule has 0 aliphatic rings. The summed E-state index contributed by atoms with van der Waals surface area (Å²) in [7, 11) is 0. The lowest BCUT2D eigenvalue weighted by Gasteiger charge is -1.49. The fourth-order valence-electron chi connectivity index (χ4n) is 0. The lowest BCUT2D eigenvalue weighted by atomic mass is 11.5. The minimum Gasteiger partial charge on any atom is -0.306 e. The van der Waals surface area contributed by atoms with E-state index in [-0.39, 0.29) is 0 Å². The molecule has 0 aromatic carbocycles. The van der Waals surface area contributed by atoms with Crippen LogP contribution in [0.15, 0.2) is 0 Å². The first-order valence-corrected chi connectivity index (χ1v) is 2.33. The molecule has 0 radical (unpaired) electrons. The summed E-state index contributed by atoms with van der Waals surface area (Å²) >= 11 is 2.00. The van der Waals surface area contributed by atoms with Crippen LogP contribution in [0.2, 0.25) is 0 Å². The Bertz CT molecular complexity index is 35.8. The summed E-state index contributed by atoms with van der Waals surface area (Å²) in [6.07, 6.45) is 0. The summed E-state index contributed by atoms with van der Waals surface area (Å²) < 4.78 is 0.581. The minimum atomic E-state index is 0.581. The monoisotopic (exact) mass is 167 g/mol. The van der Waals surface area contributed by atoms with Crippen molar-refractivity contribution in [2.75, 3.05) is 4.55 Å². The van der Waals surface area contributed by atoms with Crippen LogP contribution >= 0.6 is 22.6 Å². The molecule has 0 aromatic rings. The van der Waals surface area contributed by atoms with Crippen molar-refractivity contribution in [3.05, 3.63) is 11.4 Å². The van der Waals surface area contributed by atoms with Crippen LogP contribution in [0.4, 0.5) is 0 Å². The SMILES string of the molecule is [C-]#[N+]CI. The normalized spacial score (nSPS) is 5.00. The molecule has 0 aliphatic carbocycles. The lowest BCUT2D eigenvalue weighted by molar-refractivity contribution is 1.87. The van der Waals surface area contributed by atoms with Gasteiger partial charge in [-0.1, -0.05) is 0 Å². The maximum Gasteiger partial charge on any atom is 0.262 e. The molecule has 0 unspecified atom stereocenters. The van der Waals surface area contributed by atoms with E-state index in [4.69, 9.17) is 6.57 Å². The van der Waals surface area contributed by atoms with Crippen molar-refractivity contribution in [3.63, 3.8) is 0 Å². The zero-order chi connectivity index (χ0) is 3.41. The highest BCUT2D eigenvalue weighted by Crippen LogP contribution is 1.75. The van der Waals surface area contributed by atoms with Gasteiger partial charge in [-0.2, -0.15) is 0 Å². The fourth-order valence-corrected chi connectivity index (χ4v) is 0. The van der Waals surface area contributed by atoms with E-state index >= 15 is 0 Å². The molecule has 0 bridgehead atoms. The van der Waals surface area contributed by atoms with E-state index in [2.05, 4.69) is 4.85 Å². The highest BCUT2D eigenvalue weighted by atomic mass is 127. The highest BCUT2D eigenvalue weighted by Gasteiger charge is 1.53. The van der Waals surface area contributed by atoms with Gasteiger partial charge in [0.1, 0.15) is 0 Å². The van der Waals surface area contributed by atoms with E-state index in [9.17, 15) is 0 Å². The summed E-state index contributed by atoms with van der Waals surface area (Å²) in [5, 5.41) is 0. The van der Waals surface area contributed by atoms with E-state index in [0.29, 0.717) is 4.55 Å². The maximum absolute atomic E-state index is 6.07. The lowest BCUT2D eigenvalue weighted by Crippen LogP contribution is -1.36. The molecule has 2 heteroatoms. The van der Waals surface area contributed by atoms with Crippen LogP contribution in [0.1, 0.15) is 0 Å². The Morgan fingerprint density at radius 2 is 2.25 bits per heavy atom. The second-order valence-electron chi connectivity index (χ2n) is 0.278. The van der Waals surface area contributed by atoms with Gasteiger partial charge in [0.05, 0.1) is 0 Å². The number of rotatable bonds is 0. The van der Waals surface area contributed by atoms with Crippen molar-refractivity contribution in [3.8, 4) is 0 Å². The van der Waals surface area contributed by atoms with Crippen LogP contribution in [-0.2, 0) is 0 Å². The summed E-state index contributed by atoms with van der Waals surface area (Å²) in [4.78, 5) is 2.97. The van der Waals surface area contributed by atoms with Gasteiger partial charge in [0, 0.05) is 22.6 Å². The molecule has 0 saturated heterocycles. The van der Waals surface area contributed by atoms with Crippen LogP contribution in [-0.4, -0.2) is 4.55 Å². The van der Waals surface area contributed by atoms with Crippen LogP contribution in [0.5, 0.6) is 0 Å². The Morgan fingerprint density at radius 3 is 2.25 bits per heavy atom. The molecule has 0 aliphatic heterocycles. The molecule has 4 heavy (non-hydrogen) atoms. The van der Waals surface area contributed by atoms with E-state index in [0.717, 1.165) is 0 Å². The van der Waals surface area contributed by atoms with Gasteiger partial charge >= 0.3 is 0 Å². The zero-order valence-corrected chi connectivity index (χ0v) is 4.19. The van der Waals surface area contributed by atoms with Gasteiger partial charge in [0.25, 0.3) is 4.55 Å². The Hall–Kier alpha value is 0.220. The van der Waals surface area contributed by atoms with E-state index in [1.807, 2.05) is 22.6 Å². The Kier molecular flexibility index (Phi) is 3.40. The van der Waals surface area contributed by atoms with Crippen molar-refractivity contribution in [1.82, 2.24) is 0 Å². The summed E-state index contributed by atoms with van der Waals surface area (Å²) in [5.74, 6) is 0. The molecule has 0 atom stereocenters. The molecule has 0 aromatic heterocycles. The highest BCUT2D eigenvalue weighted by molar-refractivity contribution is 14.1. The van der Waals surface area contributed by atoms with Crippen LogP contribution < -0.4 is 0 Å². The van der Waals surface area contributed by atoms with Crippen molar-refractivity contribution in [1.29, 1.82) is 0 Å². The topological polar surface area (TPSA) is 4.36 Å². The van der Waals surface area contributed by atoms with Gasteiger partial charge in [-0.25, -0.2) is 6.57 Å². The summed E-state index contributed by atoms with van der Waals surface area (Å²) in [6, 6.07) is 0. The number of hydrogen-bond acceptors (Lipinski definition) is 0. The first-order valence-electron chi connectivity index (χ1n) is 0.807. The summed E-state index contributed by atoms with van der Waals surface area (Å²) in [5.41, 5.74) is 0. The quantitative estimate of drug-likeness (QED) is 0.221. The predicted octanol–water partition coefficient (Wildman–Crippen LogP) is 1.30. The van der Waals surface area contributed by atoms with Crippen molar-refractivity contribution in [2.45, 2.75) is 0 Å². The molecule has 22 valence electrons.